The number of hydrogen-bond donors (Lipinski definition) is 2. The third-order valence-corrected chi connectivity index (χ3v) is 14.8. The highest BCUT2D eigenvalue weighted by Gasteiger charge is 2.46. The maximum atomic E-state index is 16.7. The highest BCUT2D eigenvalue weighted by atomic mass is 19.1. The molecule has 3 unspecified atom stereocenters. The van der Waals surface area contributed by atoms with Gasteiger partial charge in [-0.25, -0.2) is 4.39 Å². The summed E-state index contributed by atoms with van der Waals surface area (Å²) in [4.78, 5) is 75.8. The molecule has 10 rings (SSSR count). The number of piperazine rings is 2. The monoisotopic (exact) mass is 886 g/mol. The molecule has 0 bridgehead atoms. The summed E-state index contributed by atoms with van der Waals surface area (Å²) in [6.45, 7) is 18.0. The average Bonchev–Trinajstić information content (AvgIpc) is 4.01. The number of halogens is 1. The molecule has 1 saturated carbocycles. The fraction of sp³-hybridized carbons (Fsp3) is 0.531. The van der Waals surface area contributed by atoms with Crippen molar-refractivity contribution < 1.29 is 28.3 Å². The molecule has 7 heterocycles. The van der Waals surface area contributed by atoms with E-state index in [0.29, 0.717) is 34.9 Å². The Morgan fingerprint density at radius 3 is 2.28 bits per heavy atom. The number of pyridine rings is 1. The first kappa shape index (κ1) is 43.3. The number of piperidine rings is 2. The zero-order valence-corrected chi connectivity index (χ0v) is 37.9. The summed E-state index contributed by atoms with van der Waals surface area (Å²) in [7, 11) is 0. The smallest absolute Gasteiger partial charge is 0.319 e. The summed E-state index contributed by atoms with van der Waals surface area (Å²) in [5.41, 5.74) is 4.89. The SMILES string of the molecule is Cc1cccc(-c2ncc3c(N4CC(C)NC(C)C4)nc(OCC4(CN5CCN(CC6CCN(c7ccc8c(c7)C(=O)N(C7CCC(=O)NC7=O)C8=O)CC6)CC5)CC4)nc3c2F)c1C. The van der Waals surface area contributed by atoms with E-state index in [-0.39, 0.29) is 53.5 Å². The largest absolute Gasteiger partial charge is 0.463 e. The van der Waals surface area contributed by atoms with Crippen molar-refractivity contribution in [1.29, 1.82) is 0 Å². The third-order valence-electron chi connectivity index (χ3n) is 14.8. The number of amides is 4. The van der Waals surface area contributed by atoms with Crippen molar-refractivity contribution >= 4 is 46.0 Å². The molecule has 5 aliphatic heterocycles. The minimum absolute atomic E-state index is 0.0187. The first-order chi connectivity index (χ1) is 31.3. The van der Waals surface area contributed by atoms with Gasteiger partial charge < -0.3 is 29.7 Å². The first-order valence-electron chi connectivity index (χ1n) is 23.4. The van der Waals surface area contributed by atoms with Gasteiger partial charge in [0.05, 0.1) is 23.1 Å². The average molecular weight is 887 g/mol. The van der Waals surface area contributed by atoms with Crippen LogP contribution in [0.3, 0.4) is 0 Å². The van der Waals surface area contributed by atoms with Gasteiger partial charge in [-0.3, -0.25) is 34.4 Å². The number of nitrogens with zero attached hydrogens (tertiary/aromatic N) is 8. The second-order valence-electron chi connectivity index (χ2n) is 19.6. The zero-order chi connectivity index (χ0) is 45.1. The number of hydrogen-bond acceptors (Lipinski definition) is 13. The second-order valence-corrected chi connectivity index (χ2v) is 19.6. The molecule has 2 N–H and O–H groups in total. The first-order valence-corrected chi connectivity index (χ1v) is 23.4. The molecule has 4 saturated heterocycles. The summed E-state index contributed by atoms with van der Waals surface area (Å²) in [5, 5.41) is 6.44. The summed E-state index contributed by atoms with van der Waals surface area (Å²) in [5.74, 6) is -1.17. The fourth-order valence-corrected chi connectivity index (χ4v) is 10.8. The molecule has 4 aromatic rings. The lowest BCUT2D eigenvalue weighted by Gasteiger charge is -2.40. The Kier molecular flexibility index (Phi) is 11.6. The Balaban J connectivity index is 0.738. The van der Waals surface area contributed by atoms with Crippen LogP contribution in [0.15, 0.2) is 42.6 Å². The minimum atomic E-state index is -0.971. The summed E-state index contributed by atoms with van der Waals surface area (Å²) in [6, 6.07) is 11.0. The highest BCUT2D eigenvalue weighted by Crippen LogP contribution is 2.47. The summed E-state index contributed by atoms with van der Waals surface area (Å²) in [6.07, 6.45) is 6.17. The molecule has 342 valence electrons. The Morgan fingerprint density at radius 1 is 0.831 bits per heavy atom. The number of rotatable bonds is 11. The Labute approximate surface area is 379 Å². The van der Waals surface area contributed by atoms with E-state index in [4.69, 9.17) is 14.7 Å². The molecule has 6 aliphatic rings. The van der Waals surface area contributed by atoms with Crippen LogP contribution in [-0.4, -0.2) is 143 Å². The van der Waals surface area contributed by atoms with Crippen LogP contribution in [0.5, 0.6) is 6.01 Å². The van der Waals surface area contributed by atoms with Gasteiger partial charge in [-0.1, -0.05) is 18.2 Å². The molecule has 3 atom stereocenters. The molecule has 2 aromatic carbocycles. The van der Waals surface area contributed by atoms with E-state index in [1.165, 1.54) is 0 Å². The van der Waals surface area contributed by atoms with E-state index >= 15 is 4.39 Å². The third kappa shape index (κ3) is 8.56. The molecule has 4 amide bonds. The maximum Gasteiger partial charge on any atom is 0.319 e. The number of benzene rings is 2. The lowest BCUT2D eigenvalue weighted by molar-refractivity contribution is -0.136. The van der Waals surface area contributed by atoms with E-state index in [0.717, 1.165) is 118 Å². The van der Waals surface area contributed by atoms with Crippen molar-refractivity contribution in [2.75, 3.05) is 81.9 Å². The zero-order valence-electron chi connectivity index (χ0n) is 37.9. The molecular weight excluding hydrogens is 828 g/mol. The van der Waals surface area contributed by atoms with Gasteiger partial charge in [0.2, 0.25) is 11.8 Å². The lowest BCUT2D eigenvalue weighted by Crippen LogP contribution is -2.54. The number of fused-ring (bicyclic) bond motifs is 2. The number of imide groups is 2. The van der Waals surface area contributed by atoms with E-state index in [1.54, 1.807) is 18.3 Å². The van der Waals surface area contributed by atoms with E-state index < -0.39 is 29.6 Å². The van der Waals surface area contributed by atoms with Crippen molar-refractivity contribution in [2.45, 2.75) is 84.3 Å². The highest BCUT2D eigenvalue weighted by molar-refractivity contribution is 6.23. The number of nitrogens with one attached hydrogen (secondary N) is 2. The fourth-order valence-electron chi connectivity index (χ4n) is 10.8. The molecule has 16 heteroatoms. The molecule has 1 aliphatic carbocycles. The topological polar surface area (TPSA) is 156 Å². The Hall–Kier alpha value is -5.58. The molecule has 2 aromatic heterocycles. The van der Waals surface area contributed by atoms with Gasteiger partial charge in [0.1, 0.15) is 23.1 Å². The van der Waals surface area contributed by atoms with Crippen molar-refractivity contribution in [1.82, 2.24) is 40.3 Å². The molecule has 0 radical (unpaired) electrons. The van der Waals surface area contributed by atoms with Gasteiger partial charge in [-0.2, -0.15) is 9.97 Å². The van der Waals surface area contributed by atoms with Crippen molar-refractivity contribution in [3.05, 3.63) is 70.7 Å². The molecule has 0 spiro atoms. The van der Waals surface area contributed by atoms with Gasteiger partial charge >= 0.3 is 6.01 Å². The van der Waals surface area contributed by atoms with Gasteiger partial charge in [-0.05, 0) is 95.0 Å². The molecule has 65 heavy (non-hydrogen) atoms. The number of aromatic nitrogens is 3. The number of carbonyl (C=O) groups excluding carboxylic acids is 4. The second kappa shape index (κ2) is 17.3. The summed E-state index contributed by atoms with van der Waals surface area (Å²) < 4.78 is 23.2. The molecular formula is C49H59FN10O5. The number of ether oxygens (including phenoxy) is 1. The van der Waals surface area contributed by atoms with Gasteiger partial charge in [0, 0.05) is 107 Å². The predicted molar refractivity (Wildman–Crippen MR) is 245 cm³/mol. The van der Waals surface area contributed by atoms with Crippen LogP contribution in [0, 0.1) is 31.0 Å². The van der Waals surface area contributed by atoms with Crippen molar-refractivity contribution in [2.24, 2.45) is 11.3 Å². The standard InChI is InChI=1S/C49H59FN10O5/c1-29-6-5-7-35(32(29)4)42-41(50)43-38(23-51-42)44(59-24-30(2)52-31(3)25-59)55-48(54-43)65-28-49(14-15-49)27-57-20-18-56(19-21-57)26-33-12-16-58(17-13-33)34-8-9-36-37(22-34)47(64)60(46(36)63)39-10-11-40(61)53-45(39)62/h5-9,22-23,30-31,33,39,52H,10-21,24-28H2,1-4H3,(H,53,61,62). The van der Waals surface area contributed by atoms with Crippen LogP contribution in [0.2, 0.25) is 0 Å². The molecule has 15 nitrogen and oxygen atoms in total. The quantitative estimate of drug-likeness (QED) is 0.200. The van der Waals surface area contributed by atoms with Crippen LogP contribution in [0.25, 0.3) is 22.2 Å². The van der Waals surface area contributed by atoms with E-state index in [1.807, 2.05) is 38.1 Å². The number of aryl methyl sites for hydroxylation is 1. The number of carbonyl (C=O) groups is 4. The van der Waals surface area contributed by atoms with Crippen LogP contribution < -0.4 is 25.2 Å². The normalized spacial score (nSPS) is 24.2. The van der Waals surface area contributed by atoms with Gasteiger partial charge in [0.15, 0.2) is 5.82 Å². The van der Waals surface area contributed by atoms with Crippen molar-refractivity contribution in [3.63, 3.8) is 0 Å². The van der Waals surface area contributed by atoms with Crippen LogP contribution in [0.1, 0.15) is 84.2 Å². The number of anilines is 2. The van der Waals surface area contributed by atoms with Crippen LogP contribution in [-0.2, 0) is 9.59 Å². The van der Waals surface area contributed by atoms with E-state index in [9.17, 15) is 19.2 Å². The van der Waals surface area contributed by atoms with Crippen LogP contribution in [0.4, 0.5) is 15.9 Å². The van der Waals surface area contributed by atoms with E-state index in [2.05, 4.69) is 49.1 Å². The predicted octanol–water partition coefficient (Wildman–Crippen LogP) is 4.73. The maximum absolute atomic E-state index is 16.7. The van der Waals surface area contributed by atoms with Gasteiger partial charge in [-0.15, -0.1) is 0 Å². The van der Waals surface area contributed by atoms with Crippen LogP contribution >= 0.6 is 0 Å². The lowest BCUT2D eigenvalue weighted by atomic mass is 9.95. The van der Waals surface area contributed by atoms with Gasteiger partial charge in [0.25, 0.3) is 11.8 Å². The van der Waals surface area contributed by atoms with Crippen molar-refractivity contribution in [3.8, 4) is 17.3 Å². The Bertz CT molecular complexity index is 2540. The summed E-state index contributed by atoms with van der Waals surface area (Å²) >= 11 is 0. The minimum Gasteiger partial charge on any atom is -0.463 e. The molecule has 5 fully saturated rings. The Morgan fingerprint density at radius 2 is 1.55 bits per heavy atom.